The summed E-state index contributed by atoms with van der Waals surface area (Å²) in [6.45, 7) is 5.22. The number of alkyl carbamates (subject to hydrolysis) is 1. The molecule has 12 heteroatoms. The van der Waals surface area contributed by atoms with Gasteiger partial charge in [0.1, 0.15) is 29.0 Å². The van der Waals surface area contributed by atoms with E-state index in [1.165, 1.54) is 25.6 Å². The quantitative estimate of drug-likeness (QED) is 0.574. The first-order valence-corrected chi connectivity index (χ1v) is 13.5. The Bertz CT molecular complexity index is 1210. The van der Waals surface area contributed by atoms with E-state index in [4.69, 9.17) is 9.47 Å². The number of amides is 6. The van der Waals surface area contributed by atoms with E-state index < -0.39 is 47.2 Å². The van der Waals surface area contributed by atoms with Crippen LogP contribution in [0.2, 0.25) is 0 Å². The number of fused-ring (bicyclic) bond motifs is 1. The van der Waals surface area contributed by atoms with Crippen LogP contribution in [0.25, 0.3) is 0 Å². The molecule has 210 valence electrons. The standard InChI is InChI=1S/C27H35N5O7/c1-26(2,3)39-24(36)29-19-8-6-5-7-16-9-10-20(30(16)21(19)33)22(34)32-25(37)31(23(35)27(32)11-12-27)17-13-18(38-4)15-28-14-17/h13-16,19-20H,5-12H2,1-4H3,(H,29,36)/t16-,19-,20-/m0/s1. The second-order valence-electron chi connectivity index (χ2n) is 11.7. The Labute approximate surface area is 227 Å². The zero-order valence-electron chi connectivity index (χ0n) is 22.8. The molecule has 4 aliphatic rings. The van der Waals surface area contributed by atoms with Crippen LogP contribution in [0.5, 0.6) is 5.75 Å². The van der Waals surface area contributed by atoms with E-state index >= 15 is 0 Å². The molecule has 12 nitrogen and oxygen atoms in total. The number of pyridine rings is 1. The predicted octanol–water partition coefficient (Wildman–Crippen LogP) is 2.74. The second kappa shape index (κ2) is 9.80. The van der Waals surface area contributed by atoms with Crippen LogP contribution in [0.15, 0.2) is 18.5 Å². The van der Waals surface area contributed by atoms with Crippen LogP contribution in [-0.2, 0) is 19.1 Å². The smallest absolute Gasteiger partial charge is 0.408 e. The first kappa shape index (κ1) is 26.9. The lowest BCUT2D eigenvalue weighted by molar-refractivity contribution is -0.147. The van der Waals surface area contributed by atoms with Crippen molar-refractivity contribution >= 4 is 35.5 Å². The molecule has 3 aliphatic heterocycles. The van der Waals surface area contributed by atoms with Crippen LogP contribution >= 0.6 is 0 Å². The van der Waals surface area contributed by atoms with Crippen molar-refractivity contribution in [3.8, 4) is 5.75 Å². The Balaban J connectivity index is 1.40. The van der Waals surface area contributed by atoms with Gasteiger partial charge in [0.2, 0.25) is 5.91 Å². The van der Waals surface area contributed by atoms with E-state index in [1.807, 2.05) is 0 Å². The molecule has 6 amide bonds. The van der Waals surface area contributed by atoms with Crippen LogP contribution in [0.4, 0.5) is 15.3 Å². The average Bonchev–Trinajstić information content (AvgIpc) is 3.50. The van der Waals surface area contributed by atoms with Crippen LogP contribution in [0, 0.1) is 0 Å². The Hall–Kier alpha value is -3.70. The van der Waals surface area contributed by atoms with Gasteiger partial charge in [0.25, 0.3) is 11.8 Å². The van der Waals surface area contributed by atoms with Crippen LogP contribution < -0.4 is 15.0 Å². The molecule has 3 atom stereocenters. The fourth-order valence-electron chi connectivity index (χ4n) is 5.91. The third-order valence-electron chi connectivity index (χ3n) is 7.86. The highest BCUT2D eigenvalue weighted by Crippen LogP contribution is 2.50. The zero-order chi connectivity index (χ0) is 28.1. The van der Waals surface area contributed by atoms with Gasteiger partial charge < -0.3 is 19.7 Å². The van der Waals surface area contributed by atoms with E-state index in [0.29, 0.717) is 37.9 Å². The van der Waals surface area contributed by atoms with Gasteiger partial charge in [0.05, 0.1) is 25.2 Å². The van der Waals surface area contributed by atoms with Crippen molar-refractivity contribution in [2.75, 3.05) is 12.0 Å². The molecule has 1 aromatic rings. The lowest BCUT2D eigenvalue weighted by Crippen LogP contribution is -2.58. The minimum Gasteiger partial charge on any atom is -0.495 e. The van der Waals surface area contributed by atoms with Gasteiger partial charge in [-0.2, -0.15) is 0 Å². The minimum absolute atomic E-state index is 0.183. The van der Waals surface area contributed by atoms with Gasteiger partial charge in [-0.05, 0) is 59.3 Å². The summed E-state index contributed by atoms with van der Waals surface area (Å²) in [7, 11) is 1.45. The first-order chi connectivity index (χ1) is 18.5. The largest absolute Gasteiger partial charge is 0.495 e. The number of urea groups is 1. The molecule has 4 fully saturated rings. The third kappa shape index (κ3) is 4.80. The minimum atomic E-state index is -1.24. The van der Waals surface area contributed by atoms with E-state index in [-0.39, 0.29) is 17.6 Å². The normalized spacial score (nSPS) is 26.3. The van der Waals surface area contributed by atoms with E-state index in [2.05, 4.69) is 10.3 Å². The molecule has 1 spiro atoms. The number of imide groups is 2. The van der Waals surface area contributed by atoms with E-state index in [0.717, 1.165) is 29.1 Å². The summed E-state index contributed by atoms with van der Waals surface area (Å²) in [4.78, 5) is 75.1. The number of nitrogens with one attached hydrogen (secondary N) is 1. The summed E-state index contributed by atoms with van der Waals surface area (Å²) in [5.41, 5.74) is -1.75. The van der Waals surface area contributed by atoms with Gasteiger partial charge >= 0.3 is 12.1 Å². The van der Waals surface area contributed by atoms with Crippen LogP contribution in [0.1, 0.15) is 72.1 Å². The second-order valence-corrected chi connectivity index (χ2v) is 11.7. The van der Waals surface area contributed by atoms with Gasteiger partial charge in [-0.25, -0.2) is 19.4 Å². The van der Waals surface area contributed by atoms with Crippen molar-refractivity contribution in [2.45, 2.75) is 101 Å². The van der Waals surface area contributed by atoms with Gasteiger partial charge in [-0.15, -0.1) is 0 Å². The van der Waals surface area contributed by atoms with E-state index in [9.17, 15) is 24.0 Å². The van der Waals surface area contributed by atoms with Gasteiger partial charge in [-0.3, -0.25) is 19.4 Å². The Morgan fingerprint density at radius 1 is 1.05 bits per heavy atom. The Kier molecular flexibility index (Phi) is 6.76. The number of methoxy groups -OCH3 is 1. The van der Waals surface area contributed by atoms with Crippen LogP contribution in [0.3, 0.4) is 0 Å². The van der Waals surface area contributed by atoms with E-state index in [1.54, 1.807) is 25.7 Å². The molecular formula is C27H35N5O7. The average molecular weight is 542 g/mol. The number of aromatic nitrogens is 1. The maximum atomic E-state index is 14.1. The number of hydrogen-bond acceptors (Lipinski definition) is 8. The fourth-order valence-corrected chi connectivity index (χ4v) is 5.91. The topological polar surface area (TPSA) is 138 Å². The highest BCUT2D eigenvalue weighted by Gasteiger charge is 2.68. The highest BCUT2D eigenvalue weighted by molar-refractivity contribution is 6.29. The van der Waals surface area contributed by atoms with Crippen molar-refractivity contribution in [2.24, 2.45) is 0 Å². The molecule has 0 radical (unpaired) electrons. The molecule has 0 bridgehead atoms. The number of carbonyl (C=O) groups is 5. The number of anilines is 1. The molecule has 1 aromatic heterocycles. The van der Waals surface area contributed by atoms with Gasteiger partial charge in [0.15, 0.2) is 0 Å². The third-order valence-corrected chi connectivity index (χ3v) is 7.86. The fraction of sp³-hybridized carbons (Fsp3) is 0.630. The Morgan fingerprint density at radius 2 is 1.77 bits per heavy atom. The van der Waals surface area contributed by atoms with Gasteiger partial charge in [0, 0.05) is 12.1 Å². The van der Waals surface area contributed by atoms with Gasteiger partial charge in [-0.1, -0.05) is 12.8 Å². The first-order valence-electron chi connectivity index (χ1n) is 13.5. The van der Waals surface area contributed by atoms with Crippen molar-refractivity contribution in [1.29, 1.82) is 0 Å². The summed E-state index contributed by atoms with van der Waals surface area (Å²) in [5.74, 6) is -1.03. The summed E-state index contributed by atoms with van der Waals surface area (Å²) in [5, 5.41) is 2.69. The molecule has 39 heavy (non-hydrogen) atoms. The number of ether oxygens (including phenoxy) is 2. The summed E-state index contributed by atoms with van der Waals surface area (Å²) in [6, 6.07) is -1.16. The molecule has 3 saturated heterocycles. The number of hydrogen-bond donors (Lipinski definition) is 1. The SMILES string of the molecule is COc1cncc(N2C(=O)N(C(=O)[C@@H]3CC[C@@H]4CCCC[C@H](NC(=O)OC(C)(C)C)C(=O)N43)C3(CC3)C2=O)c1. The Morgan fingerprint density at radius 3 is 2.44 bits per heavy atom. The summed E-state index contributed by atoms with van der Waals surface area (Å²) >= 11 is 0. The van der Waals surface area contributed by atoms with Crippen molar-refractivity contribution in [1.82, 2.24) is 20.1 Å². The molecule has 0 unspecified atom stereocenters. The molecule has 1 N–H and O–H groups in total. The number of rotatable bonds is 4. The molecule has 4 heterocycles. The lowest BCUT2D eigenvalue weighted by atomic mass is 9.99. The van der Waals surface area contributed by atoms with Crippen molar-refractivity contribution in [3.05, 3.63) is 18.5 Å². The zero-order valence-corrected chi connectivity index (χ0v) is 22.8. The molecule has 0 aromatic carbocycles. The molecule has 1 aliphatic carbocycles. The summed E-state index contributed by atoms with van der Waals surface area (Å²) in [6.07, 6.45) is 6.59. The number of carbonyl (C=O) groups excluding carboxylic acids is 5. The molecular weight excluding hydrogens is 506 g/mol. The van der Waals surface area contributed by atoms with Crippen molar-refractivity contribution < 1.29 is 33.4 Å². The monoisotopic (exact) mass is 541 g/mol. The predicted molar refractivity (Wildman–Crippen MR) is 138 cm³/mol. The van der Waals surface area contributed by atoms with Crippen LogP contribution in [-0.4, -0.2) is 81.0 Å². The lowest BCUT2D eigenvalue weighted by Gasteiger charge is -2.36. The summed E-state index contributed by atoms with van der Waals surface area (Å²) < 4.78 is 10.6. The maximum Gasteiger partial charge on any atom is 0.408 e. The highest BCUT2D eigenvalue weighted by atomic mass is 16.6. The molecule has 5 rings (SSSR count). The van der Waals surface area contributed by atoms with Crippen molar-refractivity contribution in [3.63, 3.8) is 0 Å². The molecule has 1 saturated carbocycles. The number of nitrogens with zero attached hydrogens (tertiary/aromatic N) is 4. The maximum absolute atomic E-state index is 14.1.